The number of imidazole rings is 2. The number of nitrogens with zero attached hydrogens (tertiary/aromatic N) is 1. The minimum atomic E-state index is -1.01. The van der Waals surface area contributed by atoms with Gasteiger partial charge in [-0.05, 0) is 0 Å². The molecule has 0 atom stereocenters. The van der Waals surface area contributed by atoms with Gasteiger partial charge in [-0.15, -0.1) is 0 Å². The van der Waals surface area contributed by atoms with Gasteiger partial charge in [0.1, 0.15) is 0 Å². The lowest BCUT2D eigenvalue weighted by Gasteiger charge is -1.96. The molecule has 0 bridgehead atoms. The summed E-state index contributed by atoms with van der Waals surface area (Å²) in [5, 5.41) is 8.48. The van der Waals surface area contributed by atoms with E-state index in [4.69, 9.17) is 5.11 Å². The molecular formula is C7H8N4O4. The molecular weight excluding hydrogens is 204 g/mol. The average Bonchev–Trinajstić information content (AvgIpc) is 2.57. The molecule has 8 nitrogen and oxygen atoms in total. The highest BCUT2D eigenvalue weighted by atomic mass is 16.4. The van der Waals surface area contributed by atoms with Crippen molar-refractivity contribution in [1.82, 2.24) is 19.5 Å². The number of aliphatic carboxylic acids is 1. The predicted molar refractivity (Wildman–Crippen MR) is 49.8 cm³/mol. The van der Waals surface area contributed by atoms with Crippen molar-refractivity contribution in [3.63, 3.8) is 0 Å². The van der Waals surface area contributed by atoms with Crippen LogP contribution < -0.4 is 11.4 Å². The molecule has 2 aromatic rings. The number of aryl methyl sites for hydroxylation is 1. The fraction of sp³-hybridized carbons (Fsp3) is 0.286. The lowest BCUT2D eigenvalue weighted by Crippen LogP contribution is -2.20. The van der Waals surface area contributed by atoms with Crippen molar-refractivity contribution in [2.24, 2.45) is 0 Å². The molecule has 0 saturated heterocycles. The maximum atomic E-state index is 11.3. The highest BCUT2D eigenvalue weighted by Crippen LogP contribution is 2.01. The molecule has 80 valence electrons. The van der Waals surface area contributed by atoms with Gasteiger partial charge in [-0.2, -0.15) is 0 Å². The third kappa shape index (κ3) is 1.56. The Hall–Kier alpha value is -2.25. The largest absolute Gasteiger partial charge is 0.481 e. The summed E-state index contributed by atoms with van der Waals surface area (Å²) < 4.78 is 1.17. The van der Waals surface area contributed by atoms with E-state index in [0.717, 1.165) is 0 Å². The van der Waals surface area contributed by atoms with Gasteiger partial charge in [0.15, 0.2) is 11.3 Å². The molecule has 4 N–H and O–H groups in total. The zero-order chi connectivity index (χ0) is 11.0. The molecule has 0 aliphatic heterocycles. The van der Waals surface area contributed by atoms with Gasteiger partial charge in [-0.25, -0.2) is 9.59 Å². The number of carbonyl (C=O) groups is 1. The molecule has 0 aliphatic rings. The van der Waals surface area contributed by atoms with E-state index in [1.54, 1.807) is 0 Å². The Morgan fingerprint density at radius 2 is 2.00 bits per heavy atom. The SMILES string of the molecule is O=C(O)CCn1c(=O)[nH]c2[nH]c(=O)[nH]c21. The Labute approximate surface area is 81.6 Å². The Bertz CT molecular complexity index is 613. The second-order valence-electron chi connectivity index (χ2n) is 3.03. The van der Waals surface area contributed by atoms with Crippen LogP contribution in [-0.4, -0.2) is 30.6 Å². The van der Waals surface area contributed by atoms with E-state index in [-0.39, 0.29) is 24.3 Å². The third-order valence-corrected chi connectivity index (χ3v) is 2.00. The van der Waals surface area contributed by atoms with Gasteiger partial charge in [0.2, 0.25) is 0 Å². The standard InChI is InChI=1S/C7H8N4O4/c12-3(13)1-2-11-5-4(9-7(11)15)8-6(14)10-5/h1-2H2,(H,9,15)(H,12,13)(H2,8,10,14). The Kier molecular flexibility index (Phi) is 1.96. The van der Waals surface area contributed by atoms with Crippen molar-refractivity contribution >= 4 is 17.3 Å². The number of carboxylic acid groups (broad SMARTS) is 1. The van der Waals surface area contributed by atoms with E-state index in [1.165, 1.54) is 4.57 Å². The molecule has 0 aromatic carbocycles. The number of hydrogen-bond donors (Lipinski definition) is 4. The summed E-state index contributed by atoms with van der Waals surface area (Å²) in [6.07, 6.45) is -0.180. The summed E-state index contributed by atoms with van der Waals surface area (Å²) in [6.45, 7) is 0.0158. The second kappa shape index (κ2) is 3.15. The molecule has 2 rings (SSSR count). The topological polar surface area (TPSA) is 124 Å². The van der Waals surface area contributed by atoms with Crippen LogP contribution in [0.1, 0.15) is 6.42 Å². The van der Waals surface area contributed by atoms with Gasteiger partial charge < -0.3 is 5.11 Å². The van der Waals surface area contributed by atoms with E-state index in [2.05, 4.69) is 15.0 Å². The summed E-state index contributed by atoms with van der Waals surface area (Å²) in [7, 11) is 0. The fourth-order valence-corrected chi connectivity index (χ4v) is 1.36. The summed E-state index contributed by atoms with van der Waals surface area (Å²) in [4.78, 5) is 39.7. The summed E-state index contributed by atoms with van der Waals surface area (Å²) >= 11 is 0. The molecule has 0 spiro atoms. The van der Waals surface area contributed by atoms with Crippen LogP contribution in [0.2, 0.25) is 0 Å². The van der Waals surface area contributed by atoms with Crippen LogP contribution in [-0.2, 0) is 11.3 Å². The van der Waals surface area contributed by atoms with Crippen LogP contribution in [0.4, 0.5) is 0 Å². The zero-order valence-electron chi connectivity index (χ0n) is 7.53. The monoisotopic (exact) mass is 212 g/mol. The zero-order valence-corrected chi connectivity index (χ0v) is 7.53. The van der Waals surface area contributed by atoms with E-state index in [0.29, 0.717) is 0 Å². The van der Waals surface area contributed by atoms with E-state index >= 15 is 0 Å². The minimum absolute atomic E-state index is 0.0158. The minimum Gasteiger partial charge on any atom is -0.481 e. The first-order valence-electron chi connectivity index (χ1n) is 4.20. The molecule has 0 fully saturated rings. The van der Waals surface area contributed by atoms with Crippen molar-refractivity contribution in [1.29, 1.82) is 0 Å². The lowest BCUT2D eigenvalue weighted by molar-refractivity contribution is -0.137. The number of aromatic nitrogens is 4. The molecule has 8 heteroatoms. The second-order valence-corrected chi connectivity index (χ2v) is 3.03. The number of nitrogens with one attached hydrogen (secondary N) is 3. The van der Waals surface area contributed by atoms with Crippen LogP contribution in [0.3, 0.4) is 0 Å². The molecule has 0 aliphatic carbocycles. The van der Waals surface area contributed by atoms with Gasteiger partial charge in [0, 0.05) is 6.54 Å². The first-order chi connectivity index (χ1) is 7.08. The van der Waals surface area contributed by atoms with Crippen molar-refractivity contribution in [3.8, 4) is 0 Å². The van der Waals surface area contributed by atoms with Gasteiger partial charge in [-0.3, -0.25) is 24.3 Å². The van der Waals surface area contributed by atoms with E-state index in [9.17, 15) is 14.4 Å². The van der Waals surface area contributed by atoms with Crippen LogP contribution >= 0.6 is 0 Å². The van der Waals surface area contributed by atoms with Crippen LogP contribution in [0.5, 0.6) is 0 Å². The predicted octanol–water partition coefficient (Wildman–Crippen LogP) is -1.18. The highest BCUT2D eigenvalue weighted by Gasteiger charge is 2.10. The maximum Gasteiger partial charge on any atom is 0.328 e. The van der Waals surface area contributed by atoms with Crippen molar-refractivity contribution in [3.05, 3.63) is 21.0 Å². The summed E-state index contributed by atoms with van der Waals surface area (Å²) in [5.74, 6) is -1.01. The lowest BCUT2D eigenvalue weighted by atomic mass is 10.4. The van der Waals surface area contributed by atoms with Crippen LogP contribution in [0, 0.1) is 0 Å². The number of rotatable bonds is 3. The Morgan fingerprint density at radius 3 is 2.67 bits per heavy atom. The average molecular weight is 212 g/mol. The molecule has 0 saturated carbocycles. The summed E-state index contributed by atoms with van der Waals surface area (Å²) in [5.41, 5.74) is -0.337. The highest BCUT2D eigenvalue weighted by molar-refractivity contribution is 5.68. The Balaban J connectivity index is 2.48. The van der Waals surface area contributed by atoms with Gasteiger partial charge in [0.25, 0.3) is 0 Å². The smallest absolute Gasteiger partial charge is 0.328 e. The maximum absolute atomic E-state index is 11.3. The van der Waals surface area contributed by atoms with Crippen LogP contribution in [0.15, 0.2) is 9.59 Å². The molecule has 15 heavy (non-hydrogen) atoms. The van der Waals surface area contributed by atoms with Crippen molar-refractivity contribution < 1.29 is 9.90 Å². The van der Waals surface area contributed by atoms with Crippen molar-refractivity contribution in [2.75, 3.05) is 0 Å². The van der Waals surface area contributed by atoms with E-state index in [1.807, 2.05) is 0 Å². The number of hydrogen-bond acceptors (Lipinski definition) is 3. The Morgan fingerprint density at radius 1 is 1.27 bits per heavy atom. The van der Waals surface area contributed by atoms with Gasteiger partial charge in [0.05, 0.1) is 6.42 Å². The number of carboxylic acids is 1. The fourth-order valence-electron chi connectivity index (χ4n) is 1.36. The van der Waals surface area contributed by atoms with Crippen LogP contribution in [0.25, 0.3) is 11.3 Å². The number of aromatic amines is 3. The third-order valence-electron chi connectivity index (χ3n) is 2.00. The summed E-state index contributed by atoms with van der Waals surface area (Å²) in [6, 6.07) is 0. The van der Waals surface area contributed by atoms with E-state index < -0.39 is 17.3 Å². The first-order valence-corrected chi connectivity index (χ1v) is 4.20. The first kappa shape index (κ1) is 9.31. The van der Waals surface area contributed by atoms with Crippen molar-refractivity contribution in [2.45, 2.75) is 13.0 Å². The molecule has 2 heterocycles. The molecule has 0 unspecified atom stereocenters. The van der Waals surface area contributed by atoms with Gasteiger partial charge in [-0.1, -0.05) is 0 Å². The normalized spacial score (nSPS) is 10.9. The quantitative estimate of drug-likeness (QED) is 0.511. The number of H-pyrrole nitrogens is 3. The molecule has 0 amide bonds. The molecule has 0 radical (unpaired) electrons. The van der Waals surface area contributed by atoms with Gasteiger partial charge >= 0.3 is 17.3 Å². The number of fused-ring (bicyclic) bond motifs is 1. The molecule has 2 aromatic heterocycles.